The minimum atomic E-state index is -0.287. The topological polar surface area (TPSA) is 48.5 Å². The molecule has 0 unspecified atom stereocenters. The average Bonchev–Trinajstić information content (AvgIpc) is 3.25. The highest BCUT2D eigenvalue weighted by Crippen LogP contribution is 2.29. The molecule has 4 aromatic rings. The molecule has 0 aliphatic heterocycles. The Kier molecular flexibility index (Phi) is 4.96. The van der Waals surface area contributed by atoms with Crippen molar-refractivity contribution >= 4 is 23.4 Å². The summed E-state index contributed by atoms with van der Waals surface area (Å²) >= 11 is 7.56. The number of hydrogen-bond donors (Lipinski definition) is 0. The van der Waals surface area contributed by atoms with Crippen molar-refractivity contribution in [2.75, 3.05) is 0 Å². The van der Waals surface area contributed by atoms with E-state index in [0.717, 1.165) is 17.1 Å². The number of hydrogen-bond acceptors (Lipinski definition) is 4. The maximum Gasteiger partial charge on any atom is 0.196 e. The molecule has 27 heavy (non-hydrogen) atoms. The molecule has 0 fully saturated rings. The molecule has 2 heterocycles. The first-order valence-corrected chi connectivity index (χ1v) is 9.55. The summed E-state index contributed by atoms with van der Waals surface area (Å²) in [5.74, 6) is 1.82. The largest absolute Gasteiger partial charge is 0.322 e. The van der Waals surface area contributed by atoms with Gasteiger partial charge in [-0.05, 0) is 24.3 Å². The summed E-state index contributed by atoms with van der Waals surface area (Å²) in [6, 6.07) is 16.1. The molecular weight excluding hydrogens is 385 g/mol. The van der Waals surface area contributed by atoms with Gasteiger partial charge in [0.25, 0.3) is 0 Å². The smallest absolute Gasteiger partial charge is 0.196 e. The van der Waals surface area contributed by atoms with Crippen LogP contribution in [0.1, 0.15) is 5.82 Å². The van der Waals surface area contributed by atoms with E-state index in [-0.39, 0.29) is 5.82 Å². The molecular formula is C19H15ClFN5S. The van der Waals surface area contributed by atoms with Crippen LogP contribution in [0.25, 0.3) is 17.1 Å². The van der Waals surface area contributed by atoms with Crippen LogP contribution in [0.4, 0.5) is 4.39 Å². The van der Waals surface area contributed by atoms with Crippen molar-refractivity contribution in [3.8, 4) is 17.1 Å². The molecule has 5 nitrogen and oxygen atoms in total. The molecule has 0 amide bonds. The zero-order valence-electron chi connectivity index (χ0n) is 14.4. The van der Waals surface area contributed by atoms with Crippen molar-refractivity contribution in [1.82, 2.24) is 24.3 Å². The van der Waals surface area contributed by atoms with Gasteiger partial charge in [-0.1, -0.05) is 53.7 Å². The predicted molar refractivity (Wildman–Crippen MR) is 105 cm³/mol. The third kappa shape index (κ3) is 3.61. The van der Waals surface area contributed by atoms with Crippen molar-refractivity contribution in [2.45, 2.75) is 10.9 Å². The van der Waals surface area contributed by atoms with Crippen molar-refractivity contribution in [1.29, 1.82) is 0 Å². The zero-order chi connectivity index (χ0) is 18.8. The van der Waals surface area contributed by atoms with Crippen molar-refractivity contribution in [3.05, 3.63) is 77.6 Å². The van der Waals surface area contributed by atoms with Crippen LogP contribution in [0.2, 0.25) is 5.15 Å². The molecule has 4 rings (SSSR count). The molecule has 0 N–H and O–H groups in total. The molecule has 8 heteroatoms. The fraction of sp³-hybridized carbons (Fsp3) is 0.105. The minimum absolute atomic E-state index is 0.287. The minimum Gasteiger partial charge on any atom is -0.322 e. The summed E-state index contributed by atoms with van der Waals surface area (Å²) in [4.78, 5) is 4.31. The lowest BCUT2D eigenvalue weighted by Crippen LogP contribution is -2.01. The summed E-state index contributed by atoms with van der Waals surface area (Å²) < 4.78 is 17.1. The normalized spacial score (nSPS) is 11.1. The van der Waals surface area contributed by atoms with E-state index in [9.17, 15) is 4.39 Å². The Labute approximate surface area is 164 Å². The van der Waals surface area contributed by atoms with Gasteiger partial charge >= 0.3 is 0 Å². The highest BCUT2D eigenvalue weighted by atomic mass is 35.5. The second kappa shape index (κ2) is 7.54. The quantitative estimate of drug-likeness (QED) is 0.454. The number of imidazole rings is 1. The molecule has 0 saturated carbocycles. The average molecular weight is 400 g/mol. The number of aromatic nitrogens is 5. The molecule has 2 aromatic heterocycles. The summed E-state index contributed by atoms with van der Waals surface area (Å²) in [5.41, 5.74) is 1.72. The van der Waals surface area contributed by atoms with Crippen LogP contribution in [-0.4, -0.2) is 24.3 Å². The van der Waals surface area contributed by atoms with Crippen LogP contribution in [0.3, 0.4) is 0 Å². The third-order valence-electron chi connectivity index (χ3n) is 4.11. The third-order valence-corrected chi connectivity index (χ3v) is 5.38. The van der Waals surface area contributed by atoms with Crippen LogP contribution in [0, 0.1) is 5.82 Å². The van der Waals surface area contributed by atoms with Gasteiger partial charge in [0.2, 0.25) is 0 Å². The Bertz CT molecular complexity index is 1060. The van der Waals surface area contributed by atoms with Crippen LogP contribution in [-0.2, 0) is 12.8 Å². The van der Waals surface area contributed by atoms with Gasteiger partial charge in [-0.3, -0.25) is 4.57 Å². The van der Waals surface area contributed by atoms with Gasteiger partial charge < -0.3 is 4.57 Å². The van der Waals surface area contributed by atoms with Crippen LogP contribution < -0.4 is 0 Å². The van der Waals surface area contributed by atoms with E-state index in [1.807, 2.05) is 46.5 Å². The fourth-order valence-corrected chi connectivity index (χ4v) is 3.74. The Hall–Kier alpha value is -2.64. The highest BCUT2D eigenvalue weighted by molar-refractivity contribution is 7.98. The number of rotatable bonds is 5. The lowest BCUT2D eigenvalue weighted by molar-refractivity contribution is 0.627. The van der Waals surface area contributed by atoms with Crippen molar-refractivity contribution in [3.63, 3.8) is 0 Å². The van der Waals surface area contributed by atoms with E-state index in [2.05, 4.69) is 15.2 Å². The molecule has 2 aromatic carbocycles. The second-order valence-corrected chi connectivity index (χ2v) is 7.16. The maximum absolute atomic E-state index is 13.4. The zero-order valence-corrected chi connectivity index (χ0v) is 16.0. The summed E-state index contributed by atoms with van der Waals surface area (Å²) in [7, 11) is 1.87. The van der Waals surface area contributed by atoms with E-state index in [0.29, 0.717) is 21.9 Å². The van der Waals surface area contributed by atoms with Crippen LogP contribution in [0.15, 0.2) is 66.0 Å². The van der Waals surface area contributed by atoms with Gasteiger partial charge in [0.15, 0.2) is 11.0 Å². The predicted octanol–water partition coefficient (Wildman–Crippen LogP) is 4.75. The lowest BCUT2D eigenvalue weighted by Gasteiger charge is -2.10. The van der Waals surface area contributed by atoms with Crippen molar-refractivity contribution in [2.24, 2.45) is 7.05 Å². The number of halogens is 2. The van der Waals surface area contributed by atoms with Gasteiger partial charge in [-0.2, -0.15) is 0 Å². The Morgan fingerprint density at radius 2 is 1.78 bits per heavy atom. The lowest BCUT2D eigenvalue weighted by atomic mass is 10.2. The molecule has 0 saturated heterocycles. The van der Waals surface area contributed by atoms with Crippen LogP contribution in [0.5, 0.6) is 0 Å². The second-order valence-electron chi connectivity index (χ2n) is 5.83. The molecule has 0 aliphatic carbocycles. The summed E-state index contributed by atoms with van der Waals surface area (Å²) in [5, 5.41) is 10.00. The van der Waals surface area contributed by atoms with E-state index in [4.69, 9.17) is 11.6 Å². The molecule has 0 atom stereocenters. The fourth-order valence-electron chi connectivity index (χ4n) is 2.65. The van der Waals surface area contributed by atoms with Gasteiger partial charge in [0, 0.05) is 18.3 Å². The SMILES string of the molecule is Cn1c(Cl)cnc1CSc1nnc(-c2ccccc2)n1-c1ccc(F)cc1. The Morgan fingerprint density at radius 1 is 1.04 bits per heavy atom. The van der Waals surface area contributed by atoms with Crippen LogP contribution >= 0.6 is 23.4 Å². The molecule has 0 bridgehead atoms. The first-order valence-electron chi connectivity index (χ1n) is 8.19. The summed E-state index contributed by atoms with van der Waals surface area (Å²) in [6.45, 7) is 0. The van der Waals surface area contributed by atoms with Gasteiger partial charge in [0.1, 0.15) is 16.8 Å². The van der Waals surface area contributed by atoms with Crippen molar-refractivity contribution < 1.29 is 4.39 Å². The van der Waals surface area contributed by atoms with Gasteiger partial charge in [-0.15, -0.1) is 10.2 Å². The van der Waals surface area contributed by atoms with E-state index in [1.165, 1.54) is 23.9 Å². The van der Waals surface area contributed by atoms with E-state index >= 15 is 0 Å². The first kappa shape index (κ1) is 17.8. The molecule has 0 radical (unpaired) electrons. The molecule has 136 valence electrons. The maximum atomic E-state index is 13.4. The van der Waals surface area contributed by atoms with Gasteiger partial charge in [-0.25, -0.2) is 9.37 Å². The molecule has 0 aliphatic rings. The number of nitrogens with zero attached hydrogens (tertiary/aromatic N) is 5. The standard InChI is InChI=1S/C19H15ClFN5S/c1-25-16(20)11-22-17(25)12-27-19-24-23-18(13-5-3-2-4-6-13)26(19)15-9-7-14(21)8-10-15/h2-11H,12H2,1H3. The Morgan fingerprint density at radius 3 is 2.44 bits per heavy atom. The molecule has 0 spiro atoms. The Balaban J connectivity index is 1.74. The number of benzene rings is 2. The van der Waals surface area contributed by atoms with E-state index < -0.39 is 0 Å². The number of thioether (sulfide) groups is 1. The monoisotopic (exact) mass is 399 g/mol. The first-order chi connectivity index (χ1) is 13.1. The van der Waals surface area contributed by atoms with Gasteiger partial charge in [0.05, 0.1) is 11.9 Å². The van der Waals surface area contributed by atoms with E-state index in [1.54, 1.807) is 18.3 Å². The summed E-state index contributed by atoms with van der Waals surface area (Å²) in [6.07, 6.45) is 1.62. The highest BCUT2D eigenvalue weighted by Gasteiger charge is 2.17.